The van der Waals surface area contributed by atoms with Gasteiger partial charge < -0.3 is 19.5 Å². The molecule has 3 rings (SSSR count). The minimum absolute atomic E-state index is 0.0840. The molecule has 1 N–H and O–H groups in total. The molecule has 0 spiro atoms. The van der Waals surface area contributed by atoms with Crippen LogP contribution in [-0.2, 0) is 9.47 Å². The summed E-state index contributed by atoms with van der Waals surface area (Å²) in [5, 5.41) is 12.3. The molecule has 1 atom stereocenters. The van der Waals surface area contributed by atoms with Gasteiger partial charge in [0.15, 0.2) is 5.79 Å². The number of nitrogens with zero attached hydrogens (tertiary/aromatic N) is 1. The van der Waals surface area contributed by atoms with E-state index in [-0.39, 0.29) is 35.4 Å². The lowest BCUT2D eigenvalue weighted by Gasteiger charge is -2.17. The van der Waals surface area contributed by atoms with E-state index in [2.05, 4.69) is 21.2 Å². The Hall–Kier alpha value is -2.21. The second kappa shape index (κ2) is 8.43. The number of hydrogen-bond donors (Lipinski definition) is 1. The van der Waals surface area contributed by atoms with Crippen LogP contribution in [0.5, 0.6) is 5.75 Å². The summed E-state index contributed by atoms with van der Waals surface area (Å²) in [5.41, 5.74) is 0.336. The number of nitrogens with one attached hydrogen (secondary N) is 1. The number of benzene rings is 2. The Balaban J connectivity index is 1.74. The summed E-state index contributed by atoms with van der Waals surface area (Å²) in [6.07, 6.45) is 0.387. The minimum Gasteiger partial charge on any atom is -0.492 e. The maximum Gasteiger partial charge on any atom is 0.163 e. The lowest BCUT2D eigenvalue weighted by Crippen LogP contribution is -2.22. The molecule has 28 heavy (non-hydrogen) atoms. The van der Waals surface area contributed by atoms with Crippen molar-refractivity contribution in [2.24, 2.45) is 0 Å². The van der Waals surface area contributed by atoms with Gasteiger partial charge >= 0.3 is 0 Å². The Labute approximate surface area is 170 Å². The van der Waals surface area contributed by atoms with Gasteiger partial charge in [-0.15, -0.1) is 0 Å². The first kappa shape index (κ1) is 20.5. The van der Waals surface area contributed by atoms with E-state index in [1.807, 2.05) is 19.9 Å². The second-order valence-electron chi connectivity index (χ2n) is 6.78. The zero-order chi connectivity index (χ0) is 20.3. The van der Waals surface area contributed by atoms with Crippen molar-refractivity contribution in [2.45, 2.75) is 32.2 Å². The third-order valence-electron chi connectivity index (χ3n) is 4.14. The van der Waals surface area contributed by atoms with Crippen LogP contribution in [0.1, 0.15) is 25.8 Å². The van der Waals surface area contributed by atoms with Gasteiger partial charge in [-0.05, 0) is 38.1 Å². The van der Waals surface area contributed by atoms with E-state index in [0.717, 1.165) is 12.1 Å². The summed E-state index contributed by atoms with van der Waals surface area (Å²) in [7, 11) is 0. The first-order valence-electron chi connectivity index (χ1n) is 8.68. The van der Waals surface area contributed by atoms with Gasteiger partial charge in [-0.2, -0.15) is 5.26 Å². The maximum absolute atomic E-state index is 14.1. The van der Waals surface area contributed by atoms with Crippen LogP contribution in [0.2, 0.25) is 0 Å². The fourth-order valence-electron chi connectivity index (χ4n) is 2.85. The molecule has 0 aromatic heterocycles. The molecule has 2 aromatic rings. The van der Waals surface area contributed by atoms with E-state index in [9.17, 15) is 14.0 Å². The number of hydrogen-bond acceptors (Lipinski definition) is 5. The van der Waals surface area contributed by atoms with Gasteiger partial charge in [-0.25, -0.2) is 8.78 Å². The Morgan fingerprint density at radius 1 is 1.29 bits per heavy atom. The van der Waals surface area contributed by atoms with Gasteiger partial charge in [0.2, 0.25) is 0 Å². The van der Waals surface area contributed by atoms with Gasteiger partial charge in [0.05, 0.1) is 30.7 Å². The van der Waals surface area contributed by atoms with Crippen LogP contribution < -0.4 is 10.1 Å². The molecule has 1 heterocycles. The van der Waals surface area contributed by atoms with Crippen LogP contribution >= 0.6 is 15.9 Å². The van der Waals surface area contributed by atoms with Gasteiger partial charge in [-0.1, -0.05) is 15.9 Å². The molecule has 0 amide bonds. The highest BCUT2D eigenvalue weighted by Gasteiger charge is 2.32. The third-order valence-corrected chi connectivity index (χ3v) is 4.64. The number of halogens is 3. The van der Waals surface area contributed by atoms with Gasteiger partial charge in [0, 0.05) is 17.0 Å². The molecule has 0 bridgehead atoms. The van der Waals surface area contributed by atoms with Crippen molar-refractivity contribution in [1.29, 1.82) is 5.26 Å². The molecule has 0 saturated carbocycles. The average Bonchev–Trinajstić information content (AvgIpc) is 2.96. The number of rotatable bonds is 6. The summed E-state index contributed by atoms with van der Waals surface area (Å²) in [6.45, 7) is 4.31. The van der Waals surface area contributed by atoms with E-state index < -0.39 is 17.4 Å². The van der Waals surface area contributed by atoms with Gasteiger partial charge in [-0.3, -0.25) is 0 Å². The molecule has 8 heteroatoms. The summed E-state index contributed by atoms with van der Waals surface area (Å²) in [6, 6.07) is 8.66. The van der Waals surface area contributed by atoms with Gasteiger partial charge in [0.1, 0.15) is 29.0 Å². The van der Waals surface area contributed by atoms with Crippen molar-refractivity contribution in [3.05, 3.63) is 52.0 Å². The predicted molar refractivity (Wildman–Crippen MR) is 104 cm³/mol. The van der Waals surface area contributed by atoms with Crippen molar-refractivity contribution in [2.75, 3.05) is 18.5 Å². The first-order valence-corrected chi connectivity index (χ1v) is 9.47. The van der Waals surface area contributed by atoms with Crippen LogP contribution in [0.3, 0.4) is 0 Å². The number of ether oxygens (including phenoxy) is 3. The highest BCUT2D eigenvalue weighted by molar-refractivity contribution is 9.10. The Morgan fingerprint density at radius 2 is 2.07 bits per heavy atom. The van der Waals surface area contributed by atoms with E-state index in [0.29, 0.717) is 17.5 Å². The average molecular weight is 453 g/mol. The van der Waals surface area contributed by atoms with Crippen molar-refractivity contribution in [3.8, 4) is 11.8 Å². The maximum atomic E-state index is 14.1. The normalized spacial score (nSPS) is 17.9. The van der Waals surface area contributed by atoms with Crippen LogP contribution in [0, 0.1) is 23.0 Å². The number of anilines is 2. The van der Waals surface area contributed by atoms with E-state index >= 15 is 0 Å². The summed E-state index contributed by atoms with van der Waals surface area (Å²) < 4.78 is 45.5. The fraction of sp³-hybridized carbons (Fsp3) is 0.350. The van der Waals surface area contributed by atoms with Crippen LogP contribution in [-0.4, -0.2) is 25.1 Å². The summed E-state index contributed by atoms with van der Waals surface area (Å²) >= 11 is 3.18. The molecule has 1 fully saturated rings. The molecule has 0 radical (unpaired) electrons. The largest absolute Gasteiger partial charge is 0.492 e. The van der Waals surface area contributed by atoms with Crippen molar-refractivity contribution in [1.82, 2.24) is 0 Å². The van der Waals surface area contributed by atoms with Crippen molar-refractivity contribution < 1.29 is 23.0 Å². The molecular weight excluding hydrogens is 434 g/mol. The van der Waals surface area contributed by atoms with Crippen molar-refractivity contribution in [3.63, 3.8) is 0 Å². The highest BCUT2D eigenvalue weighted by Crippen LogP contribution is 2.32. The minimum atomic E-state index is -0.632. The quantitative estimate of drug-likeness (QED) is 0.647. The Morgan fingerprint density at radius 3 is 2.71 bits per heavy atom. The predicted octanol–water partition coefficient (Wildman–Crippen LogP) is 5.26. The van der Waals surface area contributed by atoms with Crippen LogP contribution in [0.15, 0.2) is 34.8 Å². The first-order chi connectivity index (χ1) is 13.3. The molecule has 5 nitrogen and oxygen atoms in total. The molecule has 2 aromatic carbocycles. The standard InChI is InChI=1S/C20H19BrF2N2O3/c1-20(2)27-11-14(28-20)5-6-26-19-9-13(22)8-18(15(19)10-24)25-17-4-3-12(21)7-16(17)23/h3-4,7-9,14,25H,5-6,11H2,1-2H3/t14-/m1/s1. The zero-order valence-corrected chi connectivity index (χ0v) is 17.0. The zero-order valence-electron chi connectivity index (χ0n) is 15.4. The molecular formula is C20H19BrF2N2O3. The lowest BCUT2D eigenvalue weighted by molar-refractivity contribution is -0.139. The molecule has 0 unspecified atom stereocenters. The van der Waals surface area contributed by atoms with Gasteiger partial charge in [0.25, 0.3) is 0 Å². The Kier molecular flexibility index (Phi) is 6.18. The lowest BCUT2D eigenvalue weighted by atomic mass is 10.1. The summed E-state index contributed by atoms with van der Waals surface area (Å²) in [4.78, 5) is 0. The van der Waals surface area contributed by atoms with E-state index in [1.165, 1.54) is 12.1 Å². The number of nitriles is 1. The highest BCUT2D eigenvalue weighted by atomic mass is 79.9. The van der Waals surface area contributed by atoms with Crippen molar-refractivity contribution >= 4 is 27.3 Å². The second-order valence-corrected chi connectivity index (χ2v) is 7.69. The molecule has 0 aliphatic carbocycles. The topological polar surface area (TPSA) is 63.5 Å². The van der Waals surface area contributed by atoms with Crippen LogP contribution in [0.4, 0.5) is 20.2 Å². The fourth-order valence-corrected chi connectivity index (χ4v) is 3.18. The molecule has 1 aliphatic rings. The van der Waals surface area contributed by atoms with E-state index in [1.54, 1.807) is 6.07 Å². The van der Waals surface area contributed by atoms with Crippen LogP contribution in [0.25, 0.3) is 0 Å². The molecule has 1 saturated heterocycles. The smallest absolute Gasteiger partial charge is 0.163 e. The molecule has 148 valence electrons. The monoisotopic (exact) mass is 452 g/mol. The third kappa shape index (κ3) is 4.98. The Bertz CT molecular complexity index is 915. The summed E-state index contributed by atoms with van der Waals surface area (Å²) in [5.74, 6) is -1.69. The SMILES string of the molecule is CC1(C)OC[C@@H](CCOc2cc(F)cc(Nc3ccc(Br)cc3F)c2C#N)O1. The molecule has 1 aliphatic heterocycles. The van der Waals surface area contributed by atoms with E-state index in [4.69, 9.17) is 14.2 Å².